The quantitative estimate of drug-likeness (QED) is 0.531. The lowest BCUT2D eigenvalue weighted by Crippen LogP contribution is -2.34. The minimum atomic E-state index is -0.522. The molecule has 1 aromatic heterocycles. The molecule has 6 nitrogen and oxygen atoms in total. The number of pyridine rings is 1. The Morgan fingerprint density at radius 1 is 1.08 bits per heavy atom. The molecule has 0 saturated heterocycles. The van der Waals surface area contributed by atoms with Gasteiger partial charge in [0.25, 0.3) is 5.91 Å². The lowest BCUT2D eigenvalue weighted by Gasteiger charge is -2.06. The fourth-order valence-electron chi connectivity index (χ4n) is 1.91. The average molecular weight is 380 g/mol. The van der Waals surface area contributed by atoms with E-state index in [2.05, 4.69) is 15.6 Å². The van der Waals surface area contributed by atoms with Crippen LogP contribution in [0, 0.1) is 0 Å². The van der Waals surface area contributed by atoms with Gasteiger partial charge < -0.3 is 15.7 Å². The number of aromatic nitrogens is 1. The van der Waals surface area contributed by atoms with Gasteiger partial charge in [0.1, 0.15) is 5.75 Å². The van der Waals surface area contributed by atoms with Gasteiger partial charge in [0.15, 0.2) is 5.69 Å². The molecule has 0 spiro atoms. The van der Waals surface area contributed by atoms with Gasteiger partial charge in [0.05, 0.1) is 0 Å². The number of amides is 2. The van der Waals surface area contributed by atoms with E-state index < -0.39 is 5.91 Å². The summed E-state index contributed by atoms with van der Waals surface area (Å²) >= 11 is 12.0. The van der Waals surface area contributed by atoms with Crippen LogP contribution in [0.25, 0.3) is 6.08 Å². The third kappa shape index (κ3) is 5.48. The molecule has 2 rings (SSSR count). The zero-order valence-corrected chi connectivity index (χ0v) is 14.5. The molecule has 3 N–H and O–H groups in total. The van der Waals surface area contributed by atoms with Crippen LogP contribution in [-0.4, -0.2) is 35.0 Å². The van der Waals surface area contributed by atoms with Crippen molar-refractivity contribution in [2.24, 2.45) is 0 Å². The molecule has 0 aliphatic heterocycles. The zero-order chi connectivity index (χ0) is 18.2. The number of aromatic hydroxyl groups is 1. The SMILES string of the molecule is O=C(C=Cc1c(Cl)cccc1Cl)NCCNC(=O)c1ncccc1O. The number of hydrogen-bond acceptors (Lipinski definition) is 4. The summed E-state index contributed by atoms with van der Waals surface area (Å²) in [5, 5.41) is 15.6. The van der Waals surface area contributed by atoms with Crippen molar-refractivity contribution in [1.29, 1.82) is 0 Å². The maximum Gasteiger partial charge on any atom is 0.273 e. The highest BCUT2D eigenvalue weighted by Crippen LogP contribution is 2.25. The first-order valence-electron chi connectivity index (χ1n) is 7.31. The fraction of sp³-hybridized carbons (Fsp3) is 0.118. The summed E-state index contributed by atoms with van der Waals surface area (Å²) in [7, 11) is 0. The topological polar surface area (TPSA) is 91.3 Å². The Hall–Kier alpha value is -2.57. The molecule has 0 atom stereocenters. The first-order chi connectivity index (χ1) is 12.0. The number of carbonyl (C=O) groups is 2. The van der Waals surface area contributed by atoms with E-state index in [-0.39, 0.29) is 30.4 Å². The summed E-state index contributed by atoms with van der Waals surface area (Å²) in [6, 6.07) is 7.95. The highest BCUT2D eigenvalue weighted by Gasteiger charge is 2.11. The minimum absolute atomic E-state index is 0.0675. The number of halogens is 2. The second-order valence-corrected chi connectivity index (χ2v) is 5.70. The Morgan fingerprint density at radius 3 is 2.44 bits per heavy atom. The molecule has 0 aliphatic carbocycles. The van der Waals surface area contributed by atoms with Crippen LogP contribution in [0.2, 0.25) is 10.0 Å². The van der Waals surface area contributed by atoms with Crippen LogP contribution >= 0.6 is 23.2 Å². The molecular formula is C17H15Cl2N3O3. The lowest BCUT2D eigenvalue weighted by molar-refractivity contribution is -0.116. The van der Waals surface area contributed by atoms with E-state index in [1.807, 2.05) is 0 Å². The van der Waals surface area contributed by atoms with Crippen molar-refractivity contribution in [2.45, 2.75) is 0 Å². The van der Waals surface area contributed by atoms with E-state index in [0.717, 1.165) is 0 Å². The highest BCUT2D eigenvalue weighted by atomic mass is 35.5. The maximum atomic E-state index is 11.8. The first-order valence-corrected chi connectivity index (χ1v) is 8.06. The van der Waals surface area contributed by atoms with E-state index in [4.69, 9.17) is 23.2 Å². The molecule has 25 heavy (non-hydrogen) atoms. The molecule has 2 amide bonds. The molecule has 8 heteroatoms. The molecule has 0 unspecified atom stereocenters. The second-order valence-electron chi connectivity index (χ2n) is 4.89. The van der Waals surface area contributed by atoms with Crippen molar-refractivity contribution < 1.29 is 14.7 Å². The minimum Gasteiger partial charge on any atom is -0.505 e. The lowest BCUT2D eigenvalue weighted by atomic mass is 10.2. The number of benzene rings is 1. The molecule has 0 bridgehead atoms. The van der Waals surface area contributed by atoms with Crippen LogP contribution in [0.15, 0.2) is 42.6 Å². The Morgan fingerprint density at radius 2 is 1.76 bits per heavy atom. The third-order valence-corrected chi connectivity index (χ3v) is 3.77. The van der Waals surface area contributed by atoms with Crippen LogP contribution in [0.4, 0.5) is 0 Å². The van der Waals surface area contributed by atoms with E-state index >= 15 is 0 Å². The normalized spacial score (nSPS) is 10.6. The van der Waals surface area contributed by atoms with Gasteiger partial charge >= 0.3 is 0 Å². The van der Waals surface area contributed by atoms with E-state index in [1.165, 1.54) is 30.5 Å². The van der Waals surface area contributed by atoms with Gasteiger partial charge in [0, 0.05) is 41.0 Å². The Bertz CT molecular complexity index is 789. The second kappa shape index (κ2) is 9.05. The predicted octanol–water partition coefficient (Wildman–Crippen LogP) is 2.65. The van der Waals surface area contributed by atoms with Gasteiger partial charge in [-0.05, 0) is 30.3 Å². The molecule has 1 aromatic carbocycles. The van der Waals surface area contributed by atoms with Crippen LogP contribution in [0.1, 0.15) is 16.1 Å². The summed E-state index contributed by atoms with van der Waals surface area (Å²) < 4.78 is 0. The van der Waals surface area contributed by atoms with Gasteiger partial charge in [-0.25, -0.2) is 4.98 Å². The number of hydrogen-bond donors (Lipinski definition) is 3. The fourth-order valence-corrected chi connectivity index (χ4v) is 2.43. The average Bonchev–Trinajstić information content (AvgIpc) is 2.58. The van der Waals surface area contributed by atoms with Crippen LogP contribution in [0.5, 0.6) is 5.75 Å². The van der Waals surface area contributed by atoms with E-state index in [1.54, 1.807) is 18.2 Å². The van der Waals surface area contributed by atoms with Crippen molar-refractivity contribution in [3.8, 4) is 5.75 Å². The predicted molar refractivity (Wildman–Crippen MR) is 96.7 cm³/mol. The van der Waals surface area contributed by atoms with Crippen molar-refractivity contribution in [3.05, 3.63) is 63.9 Å². The van der Waals surface area contributed by atoms with Crippen LogP contribution in [-0.2, 0) is 4.79 Å². The summed E-state index contributed by atoms with van der Waals surface area (Å²) in [5.41, 5.74) is 0.488. The zero-order valence-electron chi connectivity index (χ0n) is 13.0. The highest BCUT2D eigenvalue weighted by molar-refractivity contribution is 6.37. The standard InChI is InChI=1S/C17H15Cl2N3O3/c18-12-3-1-4-13(19)11(12)6-7-15(24)20-9-10-22-17(25)16-14(23)5-2-8-21-16/h1-8,23H,9-10H2,(H,20,24)(H,22,25). The Balaban J connectivity index is 1.78. The third-order valence-electron chi connectivity index (χ3n) is 3.11. The van der Waals surface area contributed by atoms with Crippen LogP contribution < -0.4 is 10.6 Å². The van der Waals surface area contributed by atoms with Crippen molar-refractivity contribution in [2.75, 3.05) is 13.1 Å². The monoisotopic (exact) mass is 379 g/mol. The van der Waals surface area contributed by atoms with Gasteiger partial charge in [-0.2, -0.15) is 0 Å². The number of nitrogens with one attached hydrogen (secondary N) is 2. The molecule has 130 valence electrons. The Labute approximate surface area is 154 Å². The van der Waals surface area contributed by atoms with E-state index in [9.17, 15) is 14.7 Å². The molecule has 0 fully saturated rings. The van der Waals surface area contributed by atoms with Crippen molar-refractivity contribution in [3.63, 3.8) is 0 Å². The number of carbonyl (C=O) groups excluding carboxylic acids is 2. The first kappa shape index (κ1) is 18.8. The smallest absolute Gasteiger partial charge is 0.273 e. The molecule has 0 saturated carbocycles. The molecule has 2 aromatic rings. The van der Waals surface area contributed by atoms with Gasteiger partial charge in [0.2, 0.25) is 5.91 Å². The Kier molecular flexibility index (Phi) is 6.80. The summed E-state index contributed by atoms with van der Waals surface area (Å²) in [5.74, 6) is -1.08. The van der Waals surface area contributed by atoms with Crippen molar-refractivity contribution >= 4 is 41.1 Å². The van der Waals surface area contributed by atoms with Gasteiger partial charge in [-0.1, -0.05) is 29.3 Å². The van der Waals surface area contributed by atoms with E-state index in [0.29, 0.717) is 15.6 Å². The molecule has 1 heterocycles. The summed E-state index contributed by atoms with van der Waals surface area (Å²) in [4.78, 5) is 27.4. The molecule has 0 radical (unpaired) electrons. The number of nitrogens with zero attached hydrogens (tertiary/aromatic N) is 1. The number of rotatable bonds is 6. The van der Waals surface area contributed by atoms with Crippen molar-refractivity contribution in [1.82, 2.24) is 15.6 Å². The van der Waals surface area contributed by atoms with Gasteiger partial charge in [-0.3, -0.25) is 9.59 Å². The molecule has 0 aliphatic rings. The van der Waals surface area contributed by atoms with Gasteiger partial charge in [-0.15, -0.1) is 0 Å². The molecular weight excluding hydrogens is 365 g/mol. The summed E-state index contributed by atoms with van der Waals surface area (Å²) in [6.07, 6.45) is 4.23. The largest absolute Gasteiger partial charge is 0.505 e. The summed E-state index contributed by atoms with van der Waals surface area (Å²) in [6.45, 7) is 0.389. The maximum absolute atomic E-state index is 11.8. The van der Waals surface area contributed by atoms with Crippen LogP contribution in [0.3, 0.4) is 0 Å².